The van der Waals surface area contributed by atoms with Crippen molar-refractivity contribution < 1.29 is 4.74 Å². The van der Waals surface area contributed by atoms with Crippen LogP contribution >= 0.6 is 15.9 Å². The smallest absolute Gasteiger partial charge is 0.123 e. The zero-order valence-electron chi connectivity index (χ0n) is 13.7. The zero-order chi connectivity index (χ0) is 15.8. The number of nitrogens with zero attached hydrogens (tertiary/aromatic N) is 1. The molecule has 0 saturated carbocycles. The van der Waals surface area contributed by atoms with Crippen molar-refractivity contribution in [3.8, 4) is 5.75 Å². The molecule has 0 aliphatic heterocycles. The third-order valence-electron chi connectivity index (χ3n) is 4.27. The highest BCUT2D eigenvalue weighted by Gasteiger charge is 2.23. The molecule has 1 rings (SSSR count). The molecule has 3 nitrogen and oxygen atoms in total. The van der Waals surface area contributed by atoms with Crippen LogP contribution in [0, 0.1) is 5.92 Å². The molecule has 0 amide bonds. The van der Waals surface area contributed by atoms with Crippen molar-refractivity contribution in [1.82, 2.24) is 4.90 Å². The summed E-state index contributed by atoms with van der Waals surface area (Å²) in [5.74, 6) is 1.63. The Kier molecular flexibility index (Phi) is 8.30. The average molecular weight is 357 g/mol. The van der Waals surface area contributed by atoms with E-state index < -0.39 is 0 Å². The van der Waals surface area contributed by atoms with Gasteiger partial charge >= 0.3 is 0 Å². The predicted molar refractivity (Wildman–Crippen MR) is 93.8 cm³/mol. The summed E-state index contributed by atoms with van der Waals surface area (Å²) in [4.78, 5) is 2.47. The zero-order valence-corrected chi connectivity index (χ0v) is 15.3. The Morgan fingerprint density at radius 2 is 1.90 bits per heavy atom. The lowest BCUT2D eigenvalue weighted by molar-refractivity contribution is 0.171. The molecule has 0 aromatic heterocycles. The third kappa shape index (κ3) is 4.97. The van der Waals surface area contributed by atoms with Gasteiger partial charge in [-0.15, -0.1) is 0 Å². The van der Waals surface area contributed by atoms with Gasteiger partial charge in [-0.1, -0.05) is 49.5 Å². The van der Waals surface area contributed by atoms with E-state index in [0.717, 1.165) is 29.2 Å². The van der Waals surface area contributed by atoms with Gasteiger partial charge in [-0.2, -0.15) is 0 Å². The van der Waals surface area contributed by atoms with E-state index in [-0.39, 0.29) is 6.04 Å². The molecule has 0 radical (unpaired) electrons. The molecule has 0 bridgehead atoms. The quantitative estimate of drug-likeness (QED) is 0.719. The van der Waals surface area contributed by atoms with Gasteiger partial charge in [0, 0.05) is 23.1 Å². The number of hydrogen-bond donors (Lipinski definition) is 1. The Hall–Kier alpha value is -0.580. The Morgan fingerprint density at radius 1 is 1.24 bits per heavy atom. The fraction of sp³-hybridized carbons (Fsp3) is 0.647. The molecule has 0 aliphatic carbocycles. The molecule has 1 aromatic rings. The van der Waals surface area contributed by atoms with Gasteiger partial charge in [0.05, 0.1) is 13.2 Å². The minimum absolute atomic E-state index is 0.197. The van der Waals surface area contributed by atoms with Gasteiger partial charge in [0.1, 0.15) is 5.75 Å². The summed E-state index contributed by atoms with van der Waals surface area (Å²) in [6.45, 7) is 9.41. The maximum Gasteiger partial charge on any atom is 0.123 e. The van der Waals surface area contributed by atoms with Gasteiger partial charge in [0.25, 0.3) is 0 Å². The molecule has 0 saturated heterocycles. The van der Waals surface area contributed by atoms with Crippen LogP contribution in [0.1, 0.15) is 45.2 Å². The normalized spacial score (nSPS) is 13.0. The van der Waals surface area contributed by atoms with Crippen LogP contribution in [0.5, 0.6) is 5.75 Å². The van der Waals surface area contributed by atoms with Crippen LogP contribution in [-0.2, 0) is 0 Å². The number of likely N-dealkylation sites (N-methyl/N-ethyl adjacent to an activating group) is 1. The first kappa shape index (κ1) is 18.5. The van der Waals surface area contributed by atoms with Crippen LogP contribution in [0.3, 0.4) is 0 Å². The molecule has 4 heteroatoms. The second-order valence-electron chi connectivity index (χ2n) is 5.41. The molecule has 120 valence electrons. The van der Waals surface area contributed by atoms with Crippen molar-refractivity contribution in [1.29, 1.82) is 0 Å². The maximum absolute atomic E-state index is 6.10. The fourth-order valence-corrected chi connectivity index (χ4v) is 3.17. The Balaban J connectivity index is 3.06. The van der Waals surface area contributed by atoms with Gasteiger partial charge in [0.15, 0.2) is 0 Å². The highest BCUT2D eigenvalue weighted by atomic mass is 79.9. The summed E-state index contributed by atoms with van der Waals surface area (Å²) in [7, 11) is 1.72. The van der Waals surface area contributed by atoms with Crippen molar-refractivity contribution in [2.45, 2.75) is 39.7 Å². The number of methoxy groups -OCH3 is 1. The van der Waals surface area contributed by atoms with Gasteiger partial charge in [-0.3, -0.25) is 4.90 Å². The van der Waals surface area contributed by atoms with Crippen molar-refractivity contribution in [3.63, 3.8) is 0 Å². The third-order valence-corrected chi connectivity index (χ3v) is 4.76. The molecule has 0 heterocycles. The van der Waals surface area contributed by atoms with Crippen LogP contribution in [0.25, 0.3) is 0 Å². The minimum atomic E-state index is 0.197. The molecule has 0 fully saturated rings. The molecule has 1 atom stereocenters. The molecule has 21 heavy (non-hydrogen) atoms. The van der Waals surface area contributed by atoms with Gasteiger partial charge in [-0.25, -0.2) is 0 Å². The number of benzene rings is 1. The SMILES string of the molecule is CCC(CC)CN(CC)C(CN)c1cc(Br)ccc1OC. The molecular formula is C17H29BrN2O. The van der Waals surface area contributed by atoms with Crippen molar-refractivity contribution in [3.05, 3.63) is 28.2 Å². The summed E-state index contributed by atoms with van der Waals surface area (Å²) in [6, 6.07) is 6.34. The summed E-state index contributed by atoms with van der Waals surface area (Å²) >= 11 is 3.56. The van der Waals surface area contributed by atoms with Crippen molar-refractivity contribution in [2.24, 2.45) is 11.7 Å². The molecule has 1 aromatic carbocycles. The van der Waals surface area contributed by atoms with E-state index in [1.54, 1.807) is 7.11 Å². The minimum Gasteiger partial charge on any atom is -0.496 e. The van der Waals surface area contributed by atoms with Crippen molar-refractivity contribution >= 4 is 15.9 Å². The average Bonchev–Trinajstić information content (AvgIpc) is 2.51. The van der Waals surface area contributed by atoms with Crippen LogP contribution in [0.15, 0.2) is 22.7 Å². The van der Waals surface area contributed by atoms with Crippen LogP contribution in [-0.4, -0.2) is 31.6 Å². The van der Waals surface area contributed by atoms with E-state index in [0.29, 0.717) is 6.54 Å². The van der Waals surface area contributed by atoms with Gasteiger partial charge in [0.2, 0.25) is 0 Å². The lowest BCUT2D eigenvalue weighted by Crippen LogP contribution is -2.37. The Labute approximate surface area is 138 Å². The first-order valence-electron chi connectivity index (χ1n) is 7.88. The van der Waals surface area contributed by atoms with Crippen LogP contribution < -0.4 is 10.5 Å². The highest BCUT2D eigenvalue weighted by molar-refractivity contribution is 9.10. The monoisotopic (exact) mass is 356 g/mol. The van der Waals surface area contributed by atoms with Crippen LogP contribution in [0.2, 0.25) is 0 Å². The first-order chi connectivity index (χ1) is 10.1. The summed E-state index contributed by atoms with van der Waals surface area (Å²) < 4.78 is 6.60. The molecule has 1 unspecified atom stereocenters. The first-order valence-corrected chi connectivity index (χ1v) is 8.67. The second kappa shape index (κ2) is 9.44. The van der Waals surface area contributed by atoms with E-state index in [1.165, 1.54) is 18.4 Å². The van der Waals surface area contributed by atoms with E-state index in [4.69, 9.17) is 10.5 Å². The second-order valence-corrected chi connectivity index (χ2v) is 6.32. The topological polar surface area (TPSA) is 38.5 Å². The predicted octanol–water partition coefficient (Wildman–Crippen LogP) is 4.22. The number of ether oxygens (including phenoxy) is 1. The van der Waals surface area contributed by atoms with Crippen LogP contribution in [0.4, 0.5) is 0 Å². The van der Waals surface area contributed by atoms with Gasteiger partial charge < -0.3 is 10.5 Å². The fourth-order valence-electron chi connectivity index (χ4n) is 2.79. The number of halogens is 1. The molecule has 0 spiro atoms. The highest BCUT2D eigenvalue weighted by Crippen LogP contribution is 2.32. The van der Waals surface area contributed by atoms with Crippen molar-refractivity contribution in [2.75, 3.05) is 26.7 Å². The largest absolute Gasteiger partial charge is 0.496 e. The van der Waals surface area contributed by atoms with E-state index in [9.17, 15) is 0 Å². The maximum atomic E-state index is 6.10. The Bertz CT molecular complexity index is 421. The summed E-state index contributed by atoms with van der Waals surface area (Å²) in [6.07, 6.45) is 2.42. The molecular weight excluding hydrogens is 328 g/mol. The number of nitrogens with two attached hydrogens (primary N) is 1. The van der Waals surface area contributed by atoms with Gasteiger partial charge in [-0.05, 0) is 30.7 Å². The lowest BCUT2D eigenvalue weighted by atomic mass is 9.99. The summed E-state index contributed by atoms with van der Waals surface area (Å²) in [5.41, 5.74) is 7.27. The number of hydrogen-bond acceptors (Lipinski definition) is 3. The summed E-state index contributed by atoms with van der Waals surface area (Å²) in [5, 5.41) is 0. The van der Waals surface area contributed by atoms with E-state index >= 15 is 0 Å². The molecule has 2 N–H and O–H groups in total. The lowest BCUT2D eigenvalue weighted by Gasteiger charge is -2.33. The number of rotatable bonds is 9. The standard InChI is InChI=1S/C17H29BrN2O/c1-5-13(6-2)12-20(7-3)16(11-19)15-10-14(18)8-9-17(15)21-4/h8-10,13,16H,5-7,11-12,19H2,1-4H3. The molecule has 0 aliphatic rings. The Morgan fingerprint density at radius 3 is 2.38 bits per heavy atom. The van der Waals surface area contributed by atoms with E-state index in [2.05, 4.69) is 47.7 Å². The van der Waals surface area contributed by atoms with E-state index in [1.807, 2.05) is 12.1 Å².